The zero-order chi connectivity index (χ0) is 16.9. The molecule has 7 nitrogen and oxygen atoms in total. The first kappa shape index (κ1) is 22.7. The van der Waals surface area contributed by atoms with Crippen LogP contribution in [0.3, 0.4) is 0 Å². The Kier molecular flexibility index (Phi) is 9.74. The van der Waals surface area contributed by atoms with Crippen LogP contribution in [0.25, 0.3) is 0 Å². The van der Waals surface area contributed by atoms with Crippen molar-refractivity contribution >= 4 is 73.4 Å². The van der Waals surface area contributed by atoms with E-state index in [4.69, 9.17) is 9.84 Å². The molecule has 0 aliphatic rings. The number of carboxylic acid groups (broad SMARTS) is 1. The monoisotopic (exact) mass is 370 g/mol. The average molecular weight is 370 g/mol. The predicted molar refractivity (Wildman–Crippen MR) is 84.8 cm³/mol. The van der Waals surface area contributed by atoms with Crippen molar-refractivity contribution in [3.05, 3.63) is 29.3 Å². The van der Waals surface area contributed by atoms with Crippen molar-refractivity contribution in [3.63, 3.8) is 0 Å². The molecule has 0 heterocycles. The van der Waals surface area contributed by atoms with E-state index in [1.54, 1.807) is 0 Å². The summed E-state index contributed by atoms with van der Waals surface area (Å²) < 4.78 is 37.1. The number of benzene rings is 1. The number of hydrogen-bond donors (Lipinski definition) is 2. The van der Waals surface area contributed by atoms with Gasteiger partial charge in [0.05, 0.1) is 11.1 Å². The third kappa shape index (κ3) is 6.61. The van der Waals surface area contributed by atoms with Crippen LogP contribution in [0.2, 0.25) is 0 Å². The zero-order valence-electron chi connectivity index (χ0n) is 12.3. The average Bonchev–Trinajstić information content (AvgIpc) is 2.44. The molecule has 0 amide bonds. The van der Waals surface area contributed by atoms with E-state index in [1.807, 2.05) is 13.8 Å². The molecule has 1 rings (SSSR count). The number of esters is 1. The molecule has 0 radical (unpaired) electrons. The van der Waals surface area contributed by atoms with Crippen molar-refractivity contribution in [2.75, 3.05) is 0 Å². The van der Waals surface area contributed by atoms with Gasteiger partial charge in [0, 0.05) is 0 Å². The Morgan fingerprint density at radius 3 is 2.30 bits per heavy atom. The molecule has 0 aromatic heterocycles. The summed E-state index contributed by atoms with van der Waals surface area (Å²) in [6.45, 7) is 3.74. The Bertz CT molecular complexity index is 670. The van der Waals surface area contributed by atoms with Crippen LogP contribution in [-0.2, 0) is 14.9 Å². The molecular weight excluding hydrogens is 351 g/mol. The standard InChI is InChI=1S/C14H18O7S.K.H/c1-3-5-10(4-2)21-14(17)11-7-6-9(13(15)16)8-12(11)22(18,19)20;;/h6-8,10H,3-5H2,1-2H3,(H,15,16)(H,18,19,20);;. The van der Waals surface area contributed by atoms with Crippen LogP contribution < -0.4 is 0 Å². The maximum atomic E-state index is 12.1. The van der Waals surface area contributed by atoms with Crippen molar-refractivity contribution in [1.82, 2.24) is 0 Å². The molecule has 124 valence electrons. The Labute approximate surface area is 177 Å². The summed E-state index contributed by atoms with van der Waals surface area (Å²) in [5, 5.41) is 8.87. The van der Waals surface area contributed by atoms with Gasteiger partial charge in [-0.3, -0.25) is 4.55 Å². The molecule has 1 atom stereocenters. The third-order valence-electron chi connectivity index (χ3n) is 3.07. The van der Waals surface area contributed by atoms with Crippen molar-refractivity contribution < 1.29 is 32.4 Å². The van der Waals surface area contributed by atoms with E-state index in [-0.39, 0.29) is 68.6 Å². The van der Waals surface area contributed by atoms with Gasteiger partial charge in [-0.05, 0) is 31.0 Å². The summed E-state index contributed by atoms with van der Waals surface area (Å²) in [6, 6.07) is 2.83. The Morgan fingerprint density at radius 2 is 1.87 bits per heavy atom. The fraction of sp³-hybridized carbons (Fsp3) is 0.429. The first-order valence-electron chi connectivity index (χ1n) is 6.76. The van der Waals surface area contributed by atoms with Gasteiger partial charge in [0.25, 0.3) is 10.1 Å². The predicted octanol–water partition coefficient (Wildman–Crippen LogP) is 1.72. The summed E-state index contributed by atoms with van der Waals surface area (Å²) in [5.74, 6) is -2.29. The zero-order valence-corrected chi connectivity index (χ0v) is 13.1. The maximum absolute atomic E-state index is 12.1. The molecule has 1 unspecified atom stereocenters. The van der Waals surface area contributed by atoms with Gasteiger partial charge in [-0.25, -0.2) is 9.59 Å². The number of ether oxygens (including phenoxy) is 1. The van der Waals surface area contributed by atoms with Gasteiger partial charge in [0.1, 0.15) is 11.0 Å². The molecular formula is C14H19KO7S. The van der Waals surface area contributed by atoms with Crippen LogP contribution in [0.4, 0.5) is 0 Å². The molecule has 1 aromatic rings. The van der Waals surface area contributed by atoms with E-state index in [0.29, 0.717) is 12.8 Å². The first-order chi connectivity index (χ1) is 10.2. The normalized spacial score (nSPS) is 12.1. The molecule has 0 spiro atoms. The van der Waals surface area contributed by atoms with Crippen LogP contribution in [0.5, 0.6) is 0 Å². The summed E-state index contributed by atoms with van der Waals surface area (Å²) in [7, 11) is -4.75. The number of carbonyl (C=O) groups is 2. The summed E-state index contributed by atoms with van der Waals surface area (Å²) in [4.78, 5) is 22.2. The van der Waals surface area contributed by atoms with E-state index in [1.165, 1.54) is 0 Å². The van der Waals surface area contributed by atoms with E-state index >= 15 is 0 Å². The molecule has 9 heteroatoms. The van der Waals surface area contributed by atoms with Crippen molar-refractivity contribution in [3.8, 4) is 0 Å². The second-order valence-electron chi connectivity index (χ2n) is 4.72. The molecule has 0 saturated heterocycles. The summed E-state index contributed by atoms with van der Waals surface area (Å²) >= 11 is 0. The van der Waals surface area contributed by atoms with Crippen molar-refractivity contribution in [2.24, 2.45) is 0 Å². The number of rotatable bonds is 7. The fourth-order valence-corrected chi connectivity index (χ4v) is 2.63. The first-order valence-corrected chi connectivity index (χ1v) is 8.20. The summed E-state index contributed by atoms with van der Waals surface area (Å²) in [5.41, 5.74) is -0.744. The SMILES string of the molecule is CCCC(CC)OC(=O)c1ccc(C(=O)O)cc1S(=O)(=O)O.[KH]. The number of aromatic carboxylic acids is 1. The minimum atomic E-state index is -4.75. The van der Waals surface area contributed by atoms with E-state index in [0.717, 1.165) is 24.6 Å². The van der Waals surface area contributed by atoms with E-state index in [9.17, 15) is 22.6 Å². The molecule has 0 fully saturated rings. The Morgan fingerprint density at radius 1 is 1.26 bits per heavy atom. The summed E-state index contributed by atoms with van der Waals surface area (Å²) in [6.07, 6.45) is 1.60. The van der Waals surface area contributed by atoms with Gasteiger partial charge in [-0.2, -0.15) is 8.42 Å². The van der Waals surface area contributed by atoms with Crippen molar-refractivity contribution in [2.45, 2.75) is 44.1 Å². The molecule has 23 heavy (non-hydrogen) atoms. The van der Waals surface area contributed by atoms with Gasteiger partial charge in [0.2, 0.25) is 0 Å². The topological polar surface area (TPSA) is 118 Å². The van der Waals surface area contributed by atoms with Gasteiger partial charge >= 0.3 is 63.3 Å². The van der Waals surface area contributed by atoms with Crippen molar-refractivity contribution in [1.29, 1.82) is 0 Å². The van der Waals surface area contributed by atoms with Crippen LogP contribution in [0.1, 0.15) is 53.8 Å². The molecule has 0 aliphatic heterocycles. The van der Waals surface area contributed by atoms with Crippen LogP contribution in [0, 0.1) is 0 Å². The Hall–Kier alpha value is -0.294. The van der Waals surface area contributed by atoms with Crippen LogP contribution in [0.15, 0.2) is 23.1 Å². The number of hydrogen-bond acceptors (Lipinski definition) is 5. The van der Waals surface area contributed by atoms with E-state index in [2.05, 4.69) is 0 Å². The Balaban J connectivity index is 0.00000484. The minimum absolute atomic E-state index is 0. The molecule has 0 bridgehead atoms. The quantitative estimate of drug-likeness (QED) is 0.426. The van der Waals surface area contributed by atoms with Gasteiger partial charge in [0.15, 0.2) is 0 Å². The van der Waals surface area contributed by atoms with Gasteiger partial charge in [-0.1, -0.05) is 20.3 Å². The third-order valence-corrected chi connectivity index (χ3v) is 3.96. The number of carbonyl (C=O) groups excluding carboxylic acids is 1. The molecule has 0 saturated carbocycles. The second kappa shape index (κ2) is 9.87. The second-order valence-corrected chi connectivity index (χ2v) is 6.11. The molecule has 2 N–H and O–H groups in total. The molecule has 1 aromatic carbocycles. The van der Waals surface area contributed by atoms with Crippen LogP contribution >= 0.6 is 0 Å². The molecule has 0 aliphatic carbocycles. The van der Waals surface area contributed by atoms with Crippen LogP contribution in [-0.4, -0.2) is 87.5 Å². The fourth-order valence-electron chi connectivity index (χ4n) is 1.92. The van der Waals surface area contributed by atoms with Gasteiger partial charge in [-0.15, -0.1) is 0 Å². The van der Waals surface area contributed by atoms with E-state index < -0.39 is 27.0 Å². The number of carboxylic acids is 1. The van der Waals surface area contributed by atoms with Gasteiger partial charge < -0.3 is 9.84 Å².